The molecule has 1 heterocycles. The second-order valence-corrected chi connectivity index (χ2v) is 3.03. The highest BCUT2D eigenvalue weighted by Crippen LogP contribution is 2.11. The molecule has 0 atom stereocenters. The van der Waals surface area contributed by atoms with Crippen molar-refractivity contribution in [2.45, 2.75) is 13.5 Å². The van der Waals surface area contributed by atoms with Gasteiger partial charge in [-0.15, -0.1) is 0 Å². The van der Waals surface area contributed by atoms with Crippen molar-refractivity contribution in [2.24, 2.45) is 0 Å². The first-order valence-corrected chi connectivity index (χ1v) is 5.09. The maximum Gasteiger partial charge on any atom is 0.218 e. The van der Waals surface area contributed by atoms with Gasteiger partial charge in [0.15, 0.2) is 5.82 Å². The van der Waals surface area contributed by atoms with Gasteiger partial charge in [-0.25, -0.2) is 4.98 Å². The second kappa shape index (κ2) is 6.97. The van der Waals surface area contributed by atoms with Crippen molar-refractivity contribution < 1.29 is 14.2 Å². The van der Waals surface area contributed by atoms with Crippen LogP contribution in [0.25, 0.3) is 0 Å². The van der Waals surface area contributed by atoms with E-state index in [9.17, 15) is 0 Å². The highest BCUT2D eigenvalue weighted by Gasteiger charge is 2.03. The Balaban J connectivity index is 2.58. The third kappa shape index (κ3) is 4.41. The number of methoxy groups -OCH3 is 1. The molecule has 1 aromatic heterocycles. The van der Waals surface area contributed by atoms with E-state index >= 15 is 0 Å². The zero-order valence-corrected chi connectivity index (χ0v) is 9.60. The fourth-order valence-corrected chi connectivity index (χ4v) is 1.05. The summed E-state index contributed by atoms with van der Waals surface area (Å²) in [6.07, 6.45) is 0. The summed E-state index contributed by atoms with van der Waals surface area (Å²) in [6, 6.07) is 1.57. The predicted octanol–water partition coefficient (Wildman–Crippen LogP) is 0.620. The maximum atomic E-state index is 5.62. The molecule has 90 valence electrons. The molecule has 0 saturated heterocycles. The molecule has 1 aromatic rings. The number of anilines is 1. The van der Waals surface area contributed by atoms with Gasteiger partial charge in [-0.3, -0.25) is 0 Å². The maximum absolute atomic E-state index is 5.62. The van der Waals surface area contributed by atoms with Crippen molar-refractivity contribution in [3.8, 4) is 5.88 Å². The summed E-state index contributed by atoms with van der Waals surface area (Å²) >= 11 is 0. The largest absolute Gasteiger partial charge is 0.475 e. The molecule has 2 N–H and O–H groups in total. The molecule has 0 fully saturated rings. The van der Waals surface area contributed by atoms with E-state index in [1.54, 1.807) is 13.2 Å². The summed E-state index contributed by atoms with van der Waals surface area (Å²) in [6.45, 7) is 3.79. The number of nitrogens with two attached hydrogens (primary N) is 1. The summed E-state index contributed by atoms with van der Waals surface area (Å²) in [4.78, 5) is 8.18. The van der Waals surface area contributed by atoms with Gasteiger partial charge in [0.2, 0.25) is 5.88 Å². The lowest BCUT2D eigenvalue weighted by atomic mass is 10.5. The van der Waals surface area contributed by atoms with Crippen LogP contribution < -0.4 is 10.5 Å². The molecule has 0 spiro atoms. The summed E-state index contributed by atoms with van der Waals surface area (Å²) < 4.78 is 15.4. The summed E-state index contributed by atoms with van der Waals surface area (Å²) in [7, 11) is 1.61. The first-order valence-electron chi connectivity index (χ1n) is 5.09. The van der Waals surface area contributed by atoms with Crippen LogP contribution in [0.4, 0.5) is 5.82 Å². The van der Waals surface area contributed by atoms with E-state index in [1.807, 2.05) is 6.92 Å². The van der Waals surface area contributed by atoms with Crippen LogP contribution >= 0.6 is 0 Å². The SMILES string of the molecule is CCOCc1nc(N)cc(OCCOC)n1. The molecule has 0 aliphatic carbocycles. The molecular weight excluding hydrogens is 210 g/mol. The van der Waals surface area contributed by atoms with Gasteiger partial charge >= 0.3 is 0 Å². The fraction of sp³-hybridized carbons (Fsp3) is 0.600. The van der Waals surface area contributed by atoms with Crippen molar-refractivity contribution in [1.29, 1.82) is 0 Å². The van der Waals surface area contributed by atoms with Crippen molar-refractivity contribution in [2.75, 3.05) is 32.7 Å². The minimum Gasteiger partial charge on any atom is -0.475 e. The van der Waals surface area contributed by atoms with E-state index < -0.39 is 0 Å². The van der Waals surface area contributed by atoms with Gasteiger partial charge in [0.05, 0.1) is 6.61 Å². The predicted molar refractivity (Wildman–Crippen MR) is 59.1 cm³/mol. The standard InChI is InChI=1S/C10H17N3O3/c1-3-15-7-9-12-8(11)6-10(13-9)16-5-4-14-2/h6H,3-5,7H2,1-2H3,(H2,11,12,13). The van der Waals surface area contributed by atoms with Crippen LogP contribution in [-0.2, 0) is 16.1 Å². The van der Waals surface area contributed by atoms with Crippen LogP contribution in [0.5, 0.6) is 5.88 Å². The molecule has 16 heavy (non-hydrogen) atoms. The number of nitrogens with zero attached hydrogens (tertiary/aromatic N) is 2. The lowest BCUT2D eigenvalue weighted by Crippen LogP contribution is -2.08. The van der Waals surface area contributed by atoms with Gasteiger partial charge < -0.3 is 19.9 Å². The third-order valence-corrected chi connectivity index (χ3v) is 1.74. The lowest BCUT2D eigenvalue weighted by Gasteiger charge is -2.07. The van der Waals surface area contributed by atoms with E-state index in [-0.39, 0.29) is 0 Å². The Morgan fingerprint density at radius 3 is 2.81 bits per heavy atom. The molecule has 0 radical (unpaired) electrons. The van der Waals surface area contributed by atoms with Crippen molar-refractivity contribution in [3.63, 3.8) is 0 Å². The summed E-state index contributed by atoms with van der Waals surface area (Å²) in [5.41, 5.74) is 5.62. The smallest absolute Gasteiger partial charge is 0.218 e. The molecule has 0 aromatic carbocycles. The molecule has 6 heteroatoms. The molecule has 0 saturated carbocycles. The highest BCUT2D eigenvalue weighted by molar-refractivity contribution is 5.32. The van der Waals surface area contributed by atoms with Crippen LogP contribution in [0.2, 0.25) is 0 Å². The van der Waals surface area contributed by atoms with Gasteiger partial charge in [0.1, 0.15) is 19.0 Å². The van der Waals surface area contributed by atoms with Crippen molar-refractivity contribution >= 4 is 5.82 Å². The molecule has 0 bridgehead atoms. The average Bonchev–Trinajstić information content (AvgIpc) is 2.26. The minimum atomic E-state index is 0.335. The van der Waals surface area contributed by atoms with Crippen LogP contribution in [0, 0.1) is 0 Å². The van der Waals surface area contributed by atoms with Gasteiger partial charge in [0, 0.05) is 19.8 Å². The number of hydrogen-bond donors (Lipinski definition) is 1. The van der Waals surface area contributed by atoms with Crippen LogP contribution in [0.15, 0.2) is 6.07 Å². The third-order valence-electron chi connectivity index (χ3n) is 1.74. The Kier molecular flexibility index (Phi) is 5.52. The summed E-state index contributed by atoms with van der Waals surface area (Å²) in [5, 5.41) is 0. The topological polar surface area (TPSA) is 79.5 Å². The van der Waals surface area contributed by atoms with Gasteiger partial charge in [-0.2, -0.15) is 4.98 Å². The van der Waals surface area contributed by atoms with E-state index in [1.165, 1.54) is 0 Å². The lowest BCUT2D eigenvalue weighted by molar-refractivity contribution is 0.125. The normalized spacial score (nSPS) is 10.4. The molecule has 0 aliphatic heterocycles. The highest BCUT2D eigenvalue weighted by atomic mass is 16.5. The van der Waals surface area contributed by atoms with Crippen molar-refractivity contribution in [1.82, 2.24) is 9.97 Å². The van der Waals surface area contributed by atoms with Crippen LogP contribution in [0.1, 0.15) is 12.7 Å². The first kappa shape index (κ1) is 12.7. The molecular formula is C10H17N3O3. The second-order valence-electron chi connectivity index (χ2n) is 3.03. The Labute approximate surface area is 94.7 Å². The molecule has 1 rings (SSSR count). The van der Waals surface area contributed by atoms with Gasteiger partial charge in [0.25, 0.3) is 0 Å². The first-order chi connectivity index (χ1) is 7.76. The van der Waals surface area contributed by atoms with E-state index in [0.29, 0.717) is 43.9 Å². The number of hydrogen-bond acceptors (Lipinski definition) is 6. The van der Waals surface area contributed by atoms with E-state index in [2.05, 4.69) is 9.97 Å². The number of ether oxygens (including phenoxy) is 3. The monoisotopic (exact) mass is 227 g/mol. The molecule has 6 nitrogen and oxygen atoms in total. The van der Waals surface area contributed by atoms with Crippen molar-refractivity contribution in [3.05, 3.63) is 11.9 Å². The molecule has 0 unspecified atom stereocenters. The zero-order chi connectivity index (χ0) is 11.8. The zero-order valence-electron chi connectivity index (χ0n) is 9.60. The Morgan fingerprint density at radius 2 is 2.12 bits per heavy atom. The number of nitrogen functional groups attached to an aromatic ring is 1. The Bertz CT molecular complexity index is 320. The number of aromatic nitrogens is 2. The average molecular weight is 227 g/mol. The fourth-order valence-electron chi connectivity index (χ4n) is 1.05. The molecule has 0 aliphatic rings. The van der Waals surface area contributed by atoms with Gasteiger partial charge in [-0.1, -0.05) is 0 Å². The molecule has 0 amide bonds. The summed E-state index contributed by atoms with van der Waals surface area (Å²) in [5.74, 6) is 1.34. The van der Waals surface area contributed by atoms with E-state index in [4.69, 9.17) is 19.9 Å². The minimum absolute atomic E-state index is 0.335. The van der Waals surface area contributed by atoms with Crippen LogP contribution in [-0.4, -0.2) is 36.9 Å². The quantitative estimate of drug-likeness (QED) is 0.688. The van der Waals surface area contributed by atoms with Crippen LogP contribution in [0.3, 0.4) is 0 Å². The van der Waals surface area contributed by atoms with E-state index in [0.717, 1.165) is 0 Å². The van der Waals surface area contributed by atoms with Gasteiger partial charge in [-0.05, 0) is 6.92 Å². The Hall–Kier alpha value is -1.40. The number of rotatable bonds is 7. The Morgan fingerprint density at radius 1 is 1.31 bits per heavy atom.